The van der Waals surface area contributed by atoms with Gasteiger partial charge in [-0.15, -0.1) is 0 Å². The summed E-state index contributed by atoms with van der Waals surface area (Å²) < 4.78 is 4.55. The van der Waals surface area contributed by atoms with Gasteiger partial charge in [-0.3, -0.25) is 4.79 Å². The van der Waals surface area contributed by atoms with Gasteiger partial charge in [-0.1, -0.05) is 11.6 Å². The zero-order chi connectivity index (χ0) is 11.1. The van der Waals surface area contributed by atoms with E-state index in [1.165, 1.54) is 26.4 Å². The summed E-state index contributed by atoms with van der Waals surface area (Å²) in [6.07, 6.45) is 5.81. The second kappa shape index (κ2) is 6.43. The van der Waals surface area contributed by atoms with Crippen molar-refractivity contribution in [3.63, 3.8) is 0 Å². The molecule has 86 valence electrons. The van der Waals surface area contributed by atoms with Gasteiger partial charge < -0.3 is 9.57 Å². The summed E-state index contributed by atoms with van der Waals surface area (Å²) >= 11 is 0. The first kappa shape index (κ1) is 12.0. The first-order chi connectivity index (χ1) is 7.22. The second-order valence-corrected chi connectivity index (χ2v) is 3.91. The number of ether oxygens (including phenoxy) is 1. The minimum Gasteiger partial charge on any atom is -0.469 e. The van der Waals surface area contributed by atoms with Crippen molar-refractivity contribution in [2.75, 3.05) is 7.11 Å². The van der Waals surface area contributed by atoms with Gasteiger partial charge in [-0.25, -0.2) is 0 Å². The monoisotopic (exact) mass is 213 g/mol. The predicted octanol–water partition coefficient (Wildman–Crippen LogP) is 2.27. The molecule has 4 heteroatoms. The first-order valence-corrected chi connectivity index (χ1v) is 5.50. The number of rotatable bonds is 4. The molecule has 0 aliphatic heterocycles. The normalized spacial score (nSPS) is 18.1. The van der Waals surface area contributed by atoms with Crippen LogP contribution in [0.1, 0.15) is 45.4 Å². The highest BCUT2D eigenvalue weighted by atomic mass is 16.6. The van der Waals surface area contributed by atoms with E-state index in [2.05, 4.69) is 9.89 Å². The Hall–Kier alpha value is -1.06. The minimum absolute atomic E-state index is 0.202. The van der Waals surface area contributed by atoms with E-state index in [0.717, 1.165) is 18.6 Å². The number of methoxy groups -OCH3 is 1. The lowest BCUT2D eigenvalue weighted by atomic mass is 9.99. The molecule has 0 spiro atoms. The molecule has 4 nitrogen and oxygen atoms in total. The third-order valence-corrected chi connectivity index (χ3v) is 2.47. The molecule has 0 radical (unpaired) electrons. The van der Waals surface area contributed by atoms with Crippen molar-refractivity contribution >= 4 is 11.7 Å². The van der Waals surface area contributed by atoms with Crippen LogP contribution in [0.5, 0.6) is 0 Å². The van der Waals surface area contributed by atoms with Crippen molar-refractivity contribution in [3.05, 3.63) is 0 Å². The van der Waals surface area contributed by atoms with Crippen LogP contribution >= 0.6 is 0 Å². The summed E-state index contributed by atoms with van der Waals surface area (Å²) in [7, 11) is 1.38. The maximum atomic E-state index is 10.9. The fourth-order valence-corrected chi connectivity index (χ4v) is 1.57. The fraction of sp³-hybridized carbons (Fsp3) is 0.818. The Morgan fingerprint density at radius 3 is 2.67 bits per heavy atom. The summed E-state index contributed by atoms with van der Waals surface area (Å²) in [5.74, 6) is -0.258. The summed E-state index contributed by atoms with van der Waals surface area (Å²) in [5.41, 5.74) is 1.12. The number of oxime groups is 1. The van der Waals surface area contributed by atoms with Crippen LogP contribution in [-0.4, -0.2) is 24.9 Å². The molecule has 0 aromatic heterocycles. The molecule has 1 saturated carbocycles. The topological polar surface area (TPSA) is 47.9 Å². The Morgan fingerprint density at radius 2 is 2.07 bits per heavy atom. The quantitative estimate of drug-likeness (QED) is 0.531. The summed E-state index contributed by atoms with van der Waals surface area (Å²) in [6, 6.07) is 0. The number of esters is 1. The highest BCUT2D eigenvalue weighted by Gasteiger charge is 2.11. The summed E-state index contributed by atoms with van der Waals surface area (Å²) in [4.78, 5) is 16.2. The van der Waals surface area contributed by atoms with Gasteiger partial charge in [0.2, 0.25) is 0 Å². The molecule has 0 amide bonds. The van der Waals surface area contributed by atoms with E-state index in [-0.39, 0.29) is 18.5 Å². The average Bonchev–Trinajstić information content (AvgIpc) is 2.27. The van der Waals surface area contributed by atoms with Gasteiger partial charge in [0, 0.05) is 0 Å². The van der Waals surface area contributed by atoms with Crippen LogP contribution in [0.3, 0.4) is 0 Å². The zero-order valence-electron chi connectivity index (χ0n) is 9.49. The van der Waals surface area contributed by atoms with Gasteiger partial charge in [0.1, 0.15) is 6.10 Å². The average molecular weight is 213 g/mol. The van der Waals surface area contributed by atoms with Gasteiger partial charge in [-0.2, -0.15) is 0 Å². The number of hydrogen-bond donors (Lipinski definition) is 0. The number of carbonyl (C=O) groups excluding carboxylic acids is 1. The molecule has 0 saturated heterocycles. The molecule has 1 aliphatic carbocycles. The van der Waals surface area contributed by atoms with Crippen molar-refractivity contribution in [1.29, 1.82) is 0 Å². The lowest BCUT2D eigenvalue weighted by molar-refractivity contribution is -0.143. The van der Waals surface area contributed by atoms with Crippen LogP contribution in [0.25, 0.3) is 0 Å². The van der Waals surface area contributed by atoms with Gasteiger partial charge in [0.25, 0.3) is 0 Å². The van der Waals surface area contributed by atoms with Crippen molar-refractivity contribution in [1.82, 2.24) is 0 Å². The predicted molar refractivity (Wildman–Crippen MR) is 57.7 cm³/mol. The van der Waals surface area contributed by atoms with Crippen LogP contribution in [-0.2, 0) is 14.4 Å². The van der Waals surface area contributed by atoms with Gasteiger partial charge >= 0.3 is 5.97 Å². The summed E-state index contributed by atoms with van der Waals surface area (Å²) in [6.45, 7) is 1.82. The third kappa shape index (κ3) is 4.81. The Balaban J connectivity index is 2.25. The van der Waals surface area contributed by atoms with Crippen molar-refractivity contribution in [3.8, 4) is 0 Å². The largest absolute Gasteiger partial charge is 0.469 e. The Morgan fingerprint density at radius 1 is 1.40 bits per heavy atom. The van der Waals surface area contributed by atoms with Crippen LogP contribution in [0.2, 0.25) is 0 Å². The molecule has 0 N–H and O–H groups in total. The molecule has 1 rings (SSSR count). The number of hydrogen-bond acceptors (Lipinski definition) is 4. The second-order valence-electron chi connectivity index (χ2n) is 3.91. The van der Waals surface area contributed by atoms with Crippen molar-refractivity contribution < 1.29 is 14.4 Å². The Bertz CT molecular complexity index is 230. The molecule has 0 aromatic carbocycles. The minimum atomic E-state index is -0.258. The fourth-order valence-electron chi connectivity index (χ4n) is 1.57. The number of carbonyl (C=O) groups is 1. The molecular weight excluding hydrogens is 194 g/mol. The molecule has 1 unspecified atom stereocenters. The van der Waals surface area contributed by atoms with E-state index in [4.69, 9.17) is 4.84 Å². The Kier molecular flexibility index (Phi) is 5.15. The van der Waals surface area contributed by atoms with Crippen LogP contribution in [0.15, 0.2) is 5.16 Å². The van der Waals surface area contributed by atoms with Crippen molar-refractivity contribution in [2.24, 2.45) is 5.16 Å². The van der Waals surface area contributed by atoms with Crippen LogP contribution in [0.4, 0.5) is 0 Å². The molecule has 0 bridgehead atoms. The lowest BCUT2D eigenvalue weighted by Gasteiger charge is -2.13. The van der Waals surface area contributed by atoms with E-state index < -0.39 is 0 Å². The zero-order valence-corrected chi connectivity index (χ0v) is 9.49. The highest BCUT2D eigenvalue weighted by molar-refractivity contribution is 5.84. The first-order valence-electron chi connectivity index (χ1n) is 5.50. The van der Waals surface area contributed by atoms with Crippen molar-refractivity contribution in [2.45, 2.75) is 51.6 Å². The standard InChI is InChI=1S/C11H19NO3/c1-9(8-11(13)14-2)15-12-10-6-4-3-5-7-10/h9H,3-8H2,1-2H3. The Labute approximate surface area is 90.6 Å². The molecule has 0 aromatic rings. The molecule has 1 fully saturated rings. The molecule has 1 atom stereocenters. The molecular formula is C11H19NO3. The van der Waals surface area contributed by atoms with E-state index in [0.29, 0.717) is 0 Å². The summed E-state index contributed by atoms with van der Waals surface area (Å²) in [5, 5.41) is 4.08. The molecule has 15 heavy (non-hydrogen) atoms. The lowest BCUT2D eigenvalue weighted by Crippen LogP contribution is -2.14. The smallest absolute Gasteiger partial charge is 0.309 e. The van der Waals surface area contributed by atoms with Gasteiger partial charge in [0.15, 0.2) is 0 Å². The van der Waals surface area contributed by atoms with Gasteiger partial charge in [-0.05, 0) is 32.6 Å². The molecule has 1 aliphatic rings. The SMILES string of the molecule is COC(=O)CC(C)ON=C1CCCCC1. The van der Waals surface area contributed by atoms with Crippen LogP contribution in [0, 0.1) is 0 Å². The van der Waals surface area contributed by atoms with E-state index >= 15 is 0 Å². The maximum absolute atomic E-state index is 10.9. The third-order valence-electron chi connectivity index (χ3n) is 2.47. The van der Waals surface area contributed by atoms with E-state index in [1.807, 2.05) is 6.92 Å². The molecule has 0 heterocycles. The van der Waals surface area contributed by atoms with E-state index in [9.17, 15) is 4.79 Å². The maximum Gasteiger partial charge on any atom is 0.309 e. The van der Waals surface area contributed by atoms with E-state index in [1.54, 1.807) is 0 Å². The number of nitrogens with zero attached hydrogens (tertiary/aromatic N) is 1. The highest BCUT2D eigenvalue weighted by Crippen LogP contribution is 2.15. The van der Waals surface area contributed by atoms with Crippen LogP contribution < -0.4 is 0 Å². The van der Waals surface area contributed by atoms with Gasteiger partial charge in [0.05, 0.1) is 19.2 Å².